The normalized spacial score (nSPS) is 11.7. The Labute approximate surface area is 288 Å². The zero-order valence-corrected chi connectivity index (χ0v) is 27.4. The van der Waals surface area contributed by atoms with Gasteiger partial charge in [-0.05, 0) is 83.1 Å². The lowest BCUT2D eigenvalue weighted by atomic mass is 9.95. The number of rotatable bonds is 5. The van der Waals surface area contributed by atoms with Crippen molar-refractivity contribution in [1.29, 1.82) is 0 Å². The summed E-state index contributed by atoms with van der Waals surface area (Å²) < 4.78 is 5.04. The number of anilines is 3. The van der Waals surface area contributed by atoms with Crippen molar-refractivity contribution in [3.8, 4) is 16.8 Å². The third-order valence-electron chi connectivity index (χ3n) is 9.75. The van der Waals surface area contributed by atoms with Gasteiger partial charge in [-0.3, -0.25) is 0 Å². The average molecular weight is 643 g/mol. The Kier molecular flexibility index (Phi) is 6.39. The summed E-state index contributed by atoms with van der Waals surface area (Å²) in [5.41, 5.74) is 9.35. The van der Waals surface area contributed by atoms with E-state index in [-0.39, 0.29) is 0 Å². The maximum absolute atomic E-state index is 2.42. The molecule has 2 aromatic heterocycles. The molecule has 2 heterocycles. The second-order valence-electron chi connectivity index (χ2n) is 12.6. The lowest BCUT2D eigenvalue weighted by Gasteiger charge is -2.28. The van der Waals surface area contributed by atoms with Crippen molar-refractivity contribution < 1.29 is 0 Å². The first-order valence-corrected chi connectivity index (χ1v) is 17.5. The molecule has 230 valence electrons. The number of aromatic nitrogens is 1. The van der Waals surface area contributed by atoms with Crippen LogP contribution in [0.1, 0.15) is 0 Å². The van der Waals surface area contributed by atoms with Crippen LogP contribution in [0.2, 0.25) is 0 Å². The van der Waals surface area contributed by atoms with E-state index in [1.807, 2.05) is 11.3 Å². The van der Waals surface area contributed by atoms with Gasteiger partial charge in [-0.15, -0.1) is 11.3 Å². The van der Waals surface area contributed by atoms with Crippen LogP contribution >= 0.6 is 11.3 Å². The number of hydrogen-bond donors (Lipinski definition) is 0. The van der Waals surface area contributed by atoms with Crippen LogP contribution < -0.4 is 4.90 Å². The minimum absolute atomic E-state index is 1.12. The van der Waals surface area contributed by atoms with Crippen LogP contribution in [0.15, 0.2) is 182 Å². The number of nitrogens with zero attached hydrogens (tertiary/aromatic N) is 2. The fraction of sp³-hybridized carbons (Fsp3) is 0. The van der Waals surface area contributed by atoms with Crippen molar-refractivity contribution in [2.45, 2.75) is 0 Å². The highest BCUT2D eigenvalue weighted by Crippen LogP contribution is 2.45. The highest BCUT2D eigenvalue weighted by molar-refractivity contribution is 7.25. The number of hydrogen-bond acceptors (Lipinski definition) is 2. The van der Waals surface area contributed by atoms with Gasteiger partial charge in [0.05, 0.1) is 16.7 Å². The largest absolute Gasteiger partial charge is 0.310 e. The van der Waals surface area contributed by atoms with Gasteiger partial charge in [-0.2, -0.15) is 0 Å². The lowest BCUT2D eigenvalue weighted by Crippen LogP contribution is -2.11. The Morgan fingerprint density at radius 3 is 1.80 bits per heavy atom. The van der Waals surface area contributed by atoms with Crippen molar-refractivity contribution in [1.82, 2.24) is 4.57 Å². The average Bonchev–Trinajstić information content (AvgIpc) is 3.71. The molecule has 2 nitrogen and oxygen atoms in total. The fourth-order valence-electron chi connectivity index (χ4n) is 7.60. The number of para-hydroxylation sites is 4. The van der Waals surface area contributed by atoms with Crippen LogP contribution in [0, 0.1) is 0 Å². The van der Waals surface area contributed by atoms with Crippen molar-refractivity contribution in [2.75, 3.05) is 4.90 Å². The standard InChI is InChI=1S/C46H30N2S/c1-2-15-32(16-3-1)47(33-26-27-46-41(29-33)39-21-9-13-25-45(39)49-46)42-22-10-8-20-38(42)40-30-34(28-31-14-4-5-17-35(31)40)48-43-23-11-6-18-36(43)37-19-7-12-24-44(37)48/h1-30H. The number of thiophene rings is 1. The first-order valence-electron chi connectivity index (χ1n) is 16.7. The molecule has 0 aliphatic rings. The molecule has 0 aliphatic carbocycles. The Hall–Kier alpha value is -6.16. The molecule has 8 aromatic carbocycles. The van der Waals surface area contributed by atoms with E-state index in [0.717, 1.165) is 22.7 Å². The summed E-state index contributed by atoms with van der Waals surface area (Å²) in [7, 11) is 0. The van der Waals surface area contributed by atoms with Crippen LogP contribution in [0.4, 0.5) is 17.1 Å². The molecule has 10 aromatic rings. The third-order valence-corrected chi connectivity index (χ3v) is 10.9. The summed E-state index contributed by atoms with van der Waals surface area (Å²) in [6.45, 7) is 0. The maximum atomic E-state index is 2.42. The molecule has 0 saturated carbocycles. The fourth-order valence-corrected chi connectivity index (χ4v) is 8.69. The van der Waals surface area contributed by atoms with E-state index in [4.69, 9.17) is 0 Å². The quantitative estimate of drug-likeness (QED) is 0.181. The molecule has 49 heavy (non-hydrogen) atoms. The lowest BCUT2D eigenvalue weighted by molar-refractivity contribution is 1.19. The Bertz CT molecular complexity index is 2790. The summed E-state index contributed by atoms with van der Waals surface area (Å²) in [6, 6.07) is 66.3. The highest BCUT2D eigenvalue weighted by Gasteiger charge is 2.21. The monoisotopic (exact) mass is 642 g/mol. The van der Waals surface area contributed by atoms with Gasteiger partial charge in [0.2, 0.25) is 0 Å². The predicted octanol–water partition coefficient (Wildman–Crippen LogP) is 13.4. The van der Waals surface area contributed by atoms with Crippen LogP contribution in [-0.2, 0) is 0 Å². The summed E-state index contributed by atoms with van der Waals surface area (Å²) in [4.78, 5) is 2.42. The van der Waals surface area contributed by atoms with Gasteiger partial charge in [-0.1, -0.05) is 115 Å². The van der Waals surface area contributed by atoms with E-state index < -0.39 is 0 Å². The first kappa shape index (κ1) is 27.9. The van der Waals surface area contributed by atoms with E-state index in [0.29, 0.717) is 0 Å². The van der Waals surface area contributed by atoms with Crippen LogP contribution in [0.3, 0.4) is 0 Å². The second-order valence-corrected chi connectivity index (χ2v) is 13.6. The molecule has 0 spiro atoms. The smallest absolute Gasteiger partial charge is 0.0541 e. The molecular formula is C46H30N2S. The number of benzene rings is 8. The summed E-state index contributed by atoms with van der Waals surface area (Å²) in [5.74, 6) is 0. The van der Waals surface area contributed by atoms with Gasteiger partial charge in [0.1, 0.15) is 0 Å². The highest BCUT2D eigenvalue weighted by atomic mass is 32.1. The summed E-state index contributed by atoms with van der Waals surface area (Å²) in [5, 5.41) is 7.56. The molecule has 0 atom stereocenters. The predicted molar refractivity (Wildman–Crippen MR) is 211 cm³/mol. The molecule has 0 aliphatic heterocycles. The van der Waals surface area contributed by atoms with E-state index in [2.05, 4.69) is 191 Å². The van der Waals surface area contributed by atoms with Gasteiger partial charge in [0.25, 0.3) is 0 Å². The van der Waals surface area contributed by atoms with Gasteiger partial charge >= 0.3 is 0 Å². The van der Waals surface area contributed by atoms with Gasteiger partial charge < -0.3 is 9.47 Å². The summed E-state index contributed by atoms with van der Waals surface area (Å²) in [6.07, 6.45) is 0. The zero-order chi connectivity index (χ0) is 32.3. The van der Waals surface area contributed by atoms with Gasteiger partial charge in [-0.25, -0.2) is 0 Å². The molecule has 0 bridgehead atoms. The molecule has 0 fully saturated rings. The topological polar surface area (TPSA) is 8.17 Å². The van der Waals surface area contributed by atoms with Crippen LogP contribution in [0.5, 0.6) is 0 Å². The van der Waals surface area contributed by atoms with E-state index in [1.54, 1.807) is 0 Å². The van der Waals surface area contributed by atoms with E-state index in [9.17, 15) is 0 Å². The van der Waals surface area contributed by atoms with E-state index in [1.165, 1.54) is 63.9 Å². The Morgan fingerprint density at radius 1 is 0.388 bits per heavy atom. The van der Waals surface area contributed by atoms with Gasteiger partial charge in [0.15, 0.2) is 0 Å². The molecule has 0 amide bonds. The van der Waals surface area contributed by atoms with Crippen molar-refractivity contribution in [3.63, 3.8) is 0 Å². The zero-order valence-electron chi connectivity index (χ0n) is 26.6. The van der Waals surface area contributed by atoms with Gasteiger partial charge in [0, 0.05) is 53.6 Å². The molecule has 10 rings (SSSR count). The van der Waals surface area contributed by atoms with Crippen molar-refractivity contribution in [2.24, 2.45) is 0 Å². The molecule has 0 N–H and O–H groups in total. The molecular weight excluding hydrogens is 613 g/mol. The molecule has 0 radical (unpaired) electrons. The summed E-state index contributed by atoms with van der Waals surface area (Å²) >= 11 is 1.86. The maximum Gasteiger partial charge on any atom is 0.0541 e. The Balaban J connectivity index is 1.25. The van der Waals surface area contributed by atoms with Crippen LogP contribution in [0.25, 0.3) is 69.6 Å². The molecule has 3 heteroatoms. The second kappa shape index (κ2) is 11.2. The van der Waals surface area contributed by atoms with Crippen LogP contribution in [-0.4, -0.2) is 4.57 Å². The van der Waals surface area contributed by atoms with Crippen molar-refractivity contribution >= 4 is 81.1 Å². The first-order chi connectivity index (χ1) is 24.3. The molecule has 0 saturated heterocycles. The minimum Gasteiger partial charge on any atom is -0.310 e. The van der Waals surface area contributed by atoms with E-state index >= 15 is 0 Å². The minimum atomic E-state index is 1.12. The SMILES string of the molecule is c1ccc(N(c2ccc3sc4ccccc4c3c2)c2ccccc2-c2cc(-n3c4ccccc4c4ccccc43)cc3ccccc23)cc1. The van der Waals surface area contributed by atoms with Crippen molar-refractivity contribution in [3.05, 3.63) is 182 Å². The third kappa shape index (κ3) is 4.47. The Morgan fingerprint density at radius 2 is 1.00 bits per heavy atom. The molecule has 0 unspecified atom stereocenters. The number of fused-ring (bicyclic) bond motifs is 7.